The number of nitrogens with zero attached hydrogens (tertiary/aromatic N) is 1. The fourth-order valence-electron chi connectivity index (χ4n) is 1.84. The van der Waals surface area contributed by atoms with Gasteiger partial charge in [-0.15, -0.1) is 0 Å². The standard InChI is InChI=1S/C12H15ClN2O4S/c13-10-3-1-2-4-11(10)20(17,18)14-5-6-15-7-8-19-9-12(15)16/h1-4,14H,5-9H2. The zero-order valence-electron chi connectivity index (χ0n) is 10.7. The van der Waals surface area contributed by atoms with E-state index in [0.717, 1.165) is 0 Å². The van der Waals surface area contributed by atoms with Crippen molar-refractivity contribution >= 4 is 27.5 Å². The van der Waals surface area contributed by atoms with Crippen LogP contribution in [0.4, 0.5) is 0 Å². The van der Waals surface area contributed by atoms with Gasteiger partial charge in [-0.1, -0.05) is 23.7 Å². The third-order valence-corrected chi connectivity index (χ3v) is 4.84. The molecule has 20 heavy (non-hydrogen) atoms. The molecule has 1 aromatic rings. The fourth-order valence-corrected chi connectivity index (χ4v) is 3.38. The van der Waals surface area contributed by atoms with E-state index in [9.17, 15) is 13.2 Å². The van der Waals surface area contributed by atoms with E-state index in [4.69, 9.17) is 16.3 Å². The van der Waals surface area contributed by atoms with Gasteiger partial charge in [0.2, 0.25) is 15.9 Å². The van der Waals surface area contributed by atoms with Crippen LogP contribution in [-0.4, -0.2) is 52.1 Å². The molecule has 8 heteroatoms. The Morgan fingerprint density at radius 2 is 2.10 bits per heavy atom. The van der Waals surface area contributed by atoms with Crippen LogP contribution in [-0.2, 0) is 19.6 Å². The van der Waals surface area contributed by atoms with Gasteiger partial charge in [-0.05, 0) is 12.1 Å². The highest BCUT2D eigenvalue weighted by molar-refractivity contribution is 7.89. The maximum atomic E-state index is 12.1. The minimum Gasteiger partial charge on any atom is -0.370 e. The summed E-state index contributed by atoms with van der Waals surface area (Å²) in [5.74, 6) is -0.131. The SMILES string of the molecule is O=C1COCCN1CCNS(=O)(=O)c1ccccc1Cl. The van der Waals surface area contributed by atoms with Crippen molar-refractivity contribution in [1.29, 1.82) is 0 Å². The topological polar surface area (TPSA) is 75.7 Å². The lowest BCUT2D eigenvalue weighted by Crippen LogP contribution is -2.45. The highest BCUT2D eigenvalue weighted by Crippen LogP contribution is 2.19. The van der Waals surface area contributed by atoms with E-state index in [2.05, 4.69) is 4.72 Å². The van der Waals surface area contributed by atoms with Gasteiger partial charge in [0.05, 0.1) is 11.6 Å². The molecule has 1 aliphatic heterocycles. The van der Waals surface area contributed by atoms with Crippen LogP contribution in [0, 0.1) is 0 Å². The molecular formula is C12H15ClN2O4S. The fraction of sp³-hybridized carbons (Fsp3) is 0.417. The predicted molar refractivity (Wildman–Crippen MR) is 74.0 cm³/mol. The van der Waals surface area contributed by atoms with E-state index in [1.54, 1.807) is 17.0 Å². The first-order valence-corrected chi connectivity index (χ1v) is 7.96. The minimum atomic E-state index is -3.66. The molecule has 0 radical (unpaired) electrons. The number of hydrogen-bond acceptors (Lipinski definition) is 4. The summed E-state index contributed by atoms with van der Waals surface area (Å²) < 4.78 is 31.5. The molecule has 0 aliphatic carbocycles. The Balaban J connectivity index is 1.93. The number of sulfonamides is 1. The summed E-state index contributed by atoms with van der Waals surface area (Å²) in [7, 11) is -3.66. The molecule has 6 nitrogen and oxygen atoms in total. The van der Waals surface area contributed by atoms with E-state index in [-0.39, 0.29) is 29.0 Å². The summed E-state index contributed by atoms with van der Waals surface area (Å²) in [5.41, 5.74) is 0. The Kier molecular flexibility index (Phi) is 4.98. The summed E-state index contributed by atoms with van der Waals surface area (Å²) in [6, 6.07) is 6.21. The van der Waals surface area contributed by atoms with Gasteiger partial charge in [-0.3, -0.25) is 4.79 Å². The van der Waals surface area contributed by atoms with E-state index in [1.165, 1.54) is 12.1 Å². The Labute approximate surface area is 122 Å². The van der Waals surface area contributed by atoms with Crippen LogP contribution in [0.2, 0.25) is 5.02 Å². The zero-order chi connectivity index (χ0) is 14.6. The lowest BCUT2D eigenvalue weighted by Gasteiger charge is -2.26. The number of carbonyl (C=O) groups excluding carboxylic acids is 1. The van der Waals surface area contributed by atoms with Gasteiger partial charge in [0, 0.05) is 19.6 Å². The quantitative estimate of drug-likeness (QED) is 0.856. The maximum Gasteiger partial charge on any atom is 0.248 e. The van der Waals surface area contributed by atoms with Crippen molar-refractivity contribution in [2.45, 2.75) is 4.90 Å². The van der Waals surface area contributed by atoms with Crippen molar-refractivity contribution in [3.8, 4) is 0 Å². The van der Waals surface area contributed by atoms with Gasteiger partial charge >= 0.3 is 0 Å². The number of ether oxygens (including phenoxy) is 1. The molecule has 0 spiro atoms. The molecule has 1 saturated heterocycles. The van der Waals surface area contributed by atoms with Crippen LogP contribution in [0.1, 0.15) is 0 Å². The Morgan fingerprint density at radius 1 is 1.35 bits per heavy atom. The molecule has 1 fully saturated rings. The normalized spacial score (nSPS) is 16.4. The molecule has 0 aromatic heterocycles. The molecule has 0 bridgehead atoms. The number of morpholine rings is 1. The minimum absolute atomic E-state index is 0.0370. The lowest BCUT2D eigenvalue weighted by molar-refractivity contribution is -0.142. The summed E-state index contributed by atoms with van der Waals surface area (Å²) in [6.07, 6.45) is 0. The highest BCUT2D eigenvalue weighted by Gasteiger charge is 2.20. The number of nitrogens with one attached hydrogen (secondary N) is 1. The smallest absolute Gasteiger partial charge is 0.248 e. The first-order valence-electron chi connectivity index (χ1n) is 6.10. The molecule has 0 saturated carbocycles. The average Bonchev–Trinajstić information content (AvgIpc) is 2.41. The van der Waals surface area contributed by atoms with Crippen LogP contribution in [0.5, 0.6) is 0 Å². The molecule has 0 unspecified atom stereocenters. The summed E-state index contributed by atoms with van der Waals surface area (Å²) in [6.45, 7) is 1.46. The van der Waals surface area contributed by atoms with Gasteiger partial charge < -0.3 is 9.64 Å². The Hall–Kier alpha value is -1.15. The maximum absolute atomic E-state index is 12.1. The second-order valence-corrected chi connectivity index (χ2v) is 6.40. The second-order valence-electron chi connectivity index (χ2n) is 4.26. The summed E-state index contributed by atoms with van der Waals surface area (Å²) in [4.78, 5) is 13.1. The molecular weight excluding hydrogens is 304 g/mol. The first-order chi connectivity index (χ1) is 9.50. The molecule has 110 valence electrons. The number of carbonyl (C=O) groups is 1. The summed E-state index contributed by atoms with van der Waals surface area (Å²) in [5, 5.41) is 0.169. The Morgan fingerprint density at radius 3 is 2.80 bits per heavy atom. The molecule has 1 aliphatic rings. The van der Waals surface area contributed by atoms with Crippen LogP contribution in [0.3, 0.4) is 0 Å². The van der Waals surface area contributed by atoms with E-state index >= 15 is 0 Å². The highest BCUT2D eigenvalue weighted by atomic mass is 35.5. The van der Waals surface area contributed by atoms with Crippen LogP contribution in [0.25, 0.3) is 0 Å². The number of hydrogen-bond donors (Lipinski definition) is 1. The number of rotatable bonds is 5. The van der Waals surface area contributed by atoms with Crippen LogP contribution < -0.4 is 4.72 Å². The van der Waals surface area contributed by atoms with Gasteiger partial charge in [-0.25, -0.2) is 13.1 Å². The van der Waals surface area contributed by atoms with Crippen molar-refractivity contribution in [3.05, 3.63) is 29.3 Å². The van der Waals surface area contributed by atoms with Crippen LogP contribution in [0.15, 0.2) is 29.2 Å². The average molecular weight is 319 g/mol. The molecule has 1 N–H and O–H groups in total. The van der Waals surface area contributed by atoms with Crippen molar-refractivity contribution in [3.63, 3.8) is 0 Å². The molecule has 1 aromatic carbocycles. The largest absolute Gasteiger partial charge is 0.370 e. The van der Waals surface area contributed by atoms with Crippen molar-refractivity contribution in [2.24, 2.45) is 0 Å². The zero-order valence-corrected chi connectivity index (χ0v) is 12.3. The summed E-state index contributed by atoms with van der Waals surface area (Å²) >= 11 is 5.86. The van der Waals surface area contributed by atoms with Crippen molar-refractivity contribution in [1.82, 2.24) is 9.62 Å². The van der Waals surface area contributed by atoms with Crippen LogP contribution >= 0.6 is 11.6 Å². The van der Waals surface area contributed by atoms with Crippen molar-refractivity contribution < 1.29 is 17.9 Å². The van der Waals surface area contributed by atoms with Gasteiger partial charge in [0.1, 0.15) is 11.5 Å². The first kappa shape index (κ1) is 15.2. The molecule has 1 heterocycles. The number of amides is 1. The number of halogens is 1. The Bertz CT molecular complexity index is 591. The molecule has 0 atom stereocenters. The van der Waals surface area contributed by atoms with E-state index < -0.39 is 10.0 Å². The molecule has 1 amide bonds. The molecule has 2 rings (SSSR count). The monoisotopic (exact) mass is 318 g/mol. The van der Waals surface area contributed by atoms with Gasteiger partial charge in [-0.2, -0.15) is 0 Å². The third kappa shape index (κ3) is 3.69. The number of benzene rings is 1. The van der Waals surface area contributed by atoms with Gasteiger partial charge in [0.15, 0.2) is 0 Å². The second kappa shape index (κ2) is 6.53. The lowest BCUT2D eigenvalue weighted by atomic mass is 10.4. The van der Waals surface area contributed by atoms with E-state index in [0.29, 0.717) is 19.7 Å². The van der Waals surface area contributed by atoms with Crippen molar-refractivity contribution in [2.75, 3.05) is 32.8 Å². The predicted octanol–water partition coefficient (Wildman–Crippen LogP) is 0.477. The van der Waals surface area contributed by atoms with Gasteiger partial charge in [0.25, 0.3) is 0 Å². The van der Waals surface area contributed by atoms with E-state index in [1.807, 2.05) is 0 Å². The third-order valence-electron chi connectivity index (χ3n) is 2.88.